The van der Waals surface area contributed by atoms with Gasteiger partial charge in [0.25, 0.3) is 0 Å². The van der Waals surface area contributed by atoms with Crippen molar-refractivity contribution in [3.63, 3.8) is 0 Å². The minimum Gasteiger partial charge on any atom is -0.469 e. The fourth-order valence-corrected chi connectivity index (χ4v) is 4.74. The molecule has 0 radical (unpaired) electrons. The lowest BCUT2D eigenvalue weighted by atomic mass is 9.66. The number of benzene rings is 1. The van der Waals surface area contributed by atoms with Crippen LogP contribution < -0.4 is 4.90 Å². The Bertz CT molecular complexity index is 759. The van der Waals surface area contributed by atoms with Crippen LogP contribution in [-0.2, 0) is 23.8 Å². The molecule has 2 unspecified atom stereocenters. The molecule has 2 spiro atoms. The number of hydrogen-bond donors (Lipinski definition) is 0. The number of amides is 1. The van der Waals surface area contributed by atoms with Crippen molar-refractivity contribution in [3.05, 3.63) is 29.8 Å². The molecule has 27 heavy (non-hydrogen) atoms. The maximum atomic E-state index is 13.6. The van der Waals surface area contributed by atoms with E-state index in [-0.39, 0.29) is 11.6 Å². The third-order valence-corrected chi connectivity index (χ3v) is 5.82. The lowest BCUT2D eigenvalue weighted by molar-refractivity contribution is -0.216. The molecule has 3 fully saturated rings. The van der Waals surface area contributed by atoms with Gasteiger partial charge in [-0.2, -0.15) is 0 Å². The zero-order valence-corrected chi connectivity index (χ0v) is 15.0. The monoisotopic (exact) mass is 381 g/mol. The molecule has 2 atom stereocenters. The molecule has 1 saturated carbocycles. The zero-order chi connectivity index (χ0) is 19.2. The van der Waals surface area contributed by atoms with Crippen molar-refractivity contribution in [2.45, 2.75) is 31.5 Å². The topological polar surface area (TPSA) is 65.1 Å². The van der Waals surface area contributed by atoms with E-state index < -0.39 is 34.7 Å². The van der Waals surface area contributed by atoms with Crippen LogP contribution in [0.4, 0.5) is 14.5 Å². The molecular weight excluding hydrogens is 360 g/mol. The molecule has 1 aliphatic carbocycles. The Morgan fingerprint density at radius 3 is 2.48 bits per heavy atom. The summed E-state index contributed by atoms with van der Waals surface area (Å²) in [7, 11) is 1.31. The molecule has 0 aromatic heterocycles. The van der Waals surface area contributed by atoms with Gasteiger partial charge in [-0.3, -0.25) is 9.59 Å². The minimum absolute atomic E-state index is 0.178. The molecule has 0 bridgehead atoms. The Morgan fingerprint density at radius 2 is 1.85 bits per heavy atom. The summed E-state index contributed by atoms with van der Waals surface area (Å²) < 4.78 is 43.7. The molecule has 0 N–H and O–H groups in total. The van der Waals surface area contributed by atoms with Crippen LogP contribution in [-0.4, -0.2) is 44.5 Å². The summed E-state index contributed by atoms with van der Waals surface area (Å²) in [4.78, 5) is 26.9. The standard InChI is InChI=1S/C19H21F2NO5/c1-25-16(23)12-9-18(11-19(10-12)26-4-5-27-19)2-3-22(17(18)24)15-7-13(20)6-14(21)8-15/h6-8,12H,2-5,9-11H2,1H3. The number of halogens is 2. The van der Waals surface area contributed by atoms with Crippen LogP contribution in [0.5, 0.6) is 0 Å². The Balaban J connectivity index is 1.66. The van der Waals surface area contributed by atoms with Crippen LogP contribution in [0.25, 0.3) is 0 Å². The van der Waals surface area contributed by atoms with Gasteiger partial charge in [0.15, 0.2) is 5.79 Å². The minimum atomic E-state index is -0.990. The summed E-state index contributed by atoms with van der Waals surface area (Å²) in [6.07, 6.45) is 1.41. The van der Waals surface area contributed by atoms with E-state index in [1.807, 2.05) is 0 Å². The Morgan fingerprint density at radius 1 is 1.19 bits per heavy atom. The SMILES string of the molecule is COC(=O)C1CC2(CC3(CCN(c4cc(F)cc(F)c4)C3=O)C1)OCCO2. The van der Waals surface area contributed by atoms with Gasteiger partial charge in [0, 0.05) is 31.1 Å². The van der Waals surface area contributed by atoms with Crippen molar-refractivity contribution >= 4 is 17.6 Å². The summed E-state index contributed by atoms with van der Waals surface area (Å²) in [5, 5.41) is 0. The highest BCUT2D eigenvalue weighted by atomic mass is 19.1. The number of nitrogens with zero attached hydrogens (tertiary/aromatic N) is 1. The molecule has 1 aromatic rings. The Hall–Kier alpha value is -2.06. The first-order valence-corrected chi connectivity index (χ1v) is 9.00. The number of hydrogen-bond acceptors (Lipinski definition) is 5. The molecular formula is C19H21F2NO5. The second-order valence-corrected chi connectivity index (χ2v) is 7.53. The lowest BCUT2D eigenvalue weighted by Gasteiger charge is -2.44. The van der Waals surface area contributed by atoms with Crippen molar-refractivity contribution < 1.29 is 32.6 Å². The summed E-state index contributed by atoms with van der Waals surface area (Å²) in [5.41, 5.74) is -0.707. The molecule has 2 saturated heterocycles. The molecule has 1 aromatic carbocycles. The predicted octanol–water partition coefficient (Wildman–Crippen LogP) is 2.40. The van der Waals surface area contributed by atoms with Crippen molar-refractivity contribution in [1.82, 2.24) is 0 Å². The summed E-state index contributed by atoms with van der Waals surface area (Å²) >= 11 is 0. The van der Waals surface area contributed by atoms with Crippen LogP contribution in [0.2, 0.25) is 0 Å². The smallest absolute Gasteiger partial charge is 0.308 e. The maximum Gasteiger partial charge on any atom is 0.308 e. The van der Waals surface area contributed by atoms with Gasteiger partial charge in [0.1, 0.15) is 11.6 Å². The van der Waals surface area contributed by atoms with Crippen molar-refractivity contribution in [3.8, 4) is 0 Å². The van der Waals surface area contributed by atoms with E-state index in [4.69, 9.17) is 14.2 Å². The molecule has 3 aliphatic rings. The first-order chi connectivity index (χ1) is 12.9. The van der Waals surface area contributed by atoms with Gasteiger partial charge in [-0.05, 0) is 25.0 Å². The van der Waals surface area contributed by atoms with Gasteiger partial charge in [-0.15, -0.1) is 0 Å². The number of methoxy groups -OCH3 is 1. The summed E-state index contributed by atoms with van der Waals surface area (Å²) in [5.74, 6) is -3.68. The van der Waals surface area contributed by atoms with E-state index in [9.17, 15) is 18.4 Å². The number of carbonyl (C=O) groups excluding carboxylic acids is 2. The van der Waals surface area contributed by atoms with E-state index in [0.717, 1.165) is 18.2 Å². The average molecular weight is 381 g/mol. The van der Waals surface area contributed by atoms with Crippen molar-refractivity contribution in [2.75, 3.05) is 31.8 Å². The van der Waals surface area contributed by atoms with Gasteiger partial charge >= 0.3 is 5.97 Å². The predicted molar refractivity (Wildman–Crippen MR) is 89.8 cm³/mol. The van der Waals surface area contributed by atoms with Gasteiger partial charge in [-0.25, -0.2) is 8.78 Å². The number of anilines is 1. The van der Waals surface area contributed by atoms with Crippen molar-refractivity contribution in [2.24, 2.45) is 11.3 Å². The van der Waals surface area contributed by atoms with Gasteiger partial charge in [0.05, 0.1) is 31.7 Å². The molecule has 4 rings (SSSR count). The van der Waals surface area contributed by atoms with E-state index >= 15 is 0 Å². The van der Waals surface area contributed by atoms with Crippen molar-refractivity contribution in [1.29, 1.82) is 0 Å². The maximum absolute atomic E-state index is 13.6. The van der Waals surface area contributed by atoms with E-state index in [0.29, 0.717) is 45.4 Å². The second-order valence-electron chi connectivity index (χ2n) is 7.53. The van der Waals surface area contributed by atoms with Crippen LogP contribution in [0.3, 0.4) is 0 Å². The quantitative estimate of drug-likeness (QED) is 0.736. The average Bonchev–Trinajstić information content (AvgIpc) is 3.18. The molecule has 8 heteroatoms. The Kier molecular flexibility index (Phi) is 4.43. The normalized spacial score (nSPS) is 29.7. The van der Waals surface area contributed by atoms with E-state index in [1.54, 1.807) is 0 Å². The highest BCUT2D eigenvalue weighted by Crippen LogP contribution is 2.53. The number of rotatable bonds is 2. The summed E-state index contributed by atoms with van der Waals surface area (Å²) in [6, 6.07) is 3.04. The first kappa shape index (κ1) is 18.3. The third-order valence-electron chi connectivity index (χ3n) is 5.82. The molecule has 6 nitrogen and oxygen atoms in total. The number of esters is 1. The molecule has 2 heterocycles. The van der Waals surface area contributed by atoms with E-state index in [1.165, 1.54) is 12.0 Å². The third kappa shape index (κ3) is 3.10. The fraction of sp³-hybridized carbons (Fsp3) is 0.579. The number of carbonyl (C=O) groups is 2. The first-order valence-electron chi connectivity index (χ1n) is 9.00. The molecule has 2 aliphatic heterocycles. The second kappa shape index (κ2) is 6.53. The highest BCUT2D eigenvalue weighted by Gasteiger charge is 2.59. The number of ether oxygens (including phenoxy) is 3. The summed E-state index contributed by atoms with van der Waals surface area (Å²) in [6.45, 7) is 1.11. The highest BCUT2D eigenvalue weighted by molar-refractivity contribution is 6.00. The zero-order valence-electron chi connectivity index (χ0n) is 15.0. The van der Waals surface area contributed by atoms with Crippen LogP contribution in [0.1, 0.15) is 25.7 Å². The van der Waals surface area contributed by atoms with Gasteiger partial charge in [-0.1, -0.05) is 0 Å². The largest absolute Gasteiger partial charge is 0.469 e. The molecule has 146 valence electrons. The van der Waals surface area contributed by atoms with Gasteiger partial charge in [0.2, 0.25) is 5.91 Å². The lowest BCUT2D eigenvalue weighted by Crippen LogP contribution is -2.51. The van der Waals surface area contributed by atoms with E-state index in [2.05, 4.69) is 0 Å². The fourth-order valence-electron chi connectivity index (χ4n) is 4.74. The molecule has 1 amide bonds. The van der Waals surface area contributed by atoms with Crippen LogP contribution in [0, 0.1) is 23.0 Å². The van der Waals surface area contributed by atoms with Crippen LogP contribution >= 0.6 is 0 Å². The van der Waals surface area contributed by atoms with Crippen LogP contribution in [0.15, 0.2) is 18.2 Å². The van der Waals surface area contributed by atoms with Gasteiger partial charge < -0.3 is 19.1 Å². The Labute approximate surface area is 155 Å².